The van der Waals surface area contributed by atoms with E-state index in [1.165, 1.54) is 7.11 Å². The molecule has 0 spiro atoms. The molecule has 0 aromatic heterocycles. The topological polar surface area (TPSA) is 78.9 Å². The van der Waals surface area contributed by atoms with E-state index >= 15 is 0 Å². The molecule has 1 fully saturated rings. The molecule has 1 saturated heterocycles. The van der Waals surface area contributed by atoms with Crippen molar-refractivity contribution >= 4 is 46.3 Å². The van der Waals surface area contributed by atoms with Crippen molar-refractivity contribution in [2.45, 2.75) is 26.8 Å². The molecule has 140 valence electrons. The molecule has 1 aromatic rings. The minimum Gasteiger partial charge on any atom is -0.548 e. The summed E-state index contributed by atoms with van der Waals surface area (Å²) in [5, 5.41) is 11.4. The van der Waals surface area contributed by atoms with E-state index in [1.807, 2.05) is 6.92 Å². The van der Waals surface area contributed by atoms with Gasteiger partial charge in [0.1, 0.15) is 4.32 Å². The summed E-state index contributed by atoms with van der Waals surface area (Å²) < 4.78 is 11.0. The molecule has 0 bridgehead atoms. The van der Waals surface area contributed by atoms with Gasteiger partial charge in [0.2, 0.25) is 0 Å². The lowest BCUT2D eigenvalue weighted by Gasteiger charge is -2.30. The van der Waals surface area contributed by atoms with Crippen molar-refractivity contribution in [2.24, 2.45) is 5.92 Å². The number of carboxylic acids is 1. The number of thiocarbonyl (C=S) groups is 1. The van der Waals surface area contributed by atoms with Gasteiger partial charge < -0.3 is 19.4 Å². The lowest BCUT2D eigenvalue weighted by molar-refractivity contribution is -0.311. The maximum Gasteiger partial charge on any atom is 0.266 e. The van der Waals surface area contributed by atoms with Crippen LogP contribution in [0.2, 0.25) is 0 Å². The highest BCUT2D eigenvalue weighted by Crippen LogP contribution is 2.36. The zero-order valence-electron chi connectivity index (χ0n) is 15.0. The van der Waals surface area contributed by atoms with E-state index in [9.17, 15) is 14.7 Å². The summed E-state index contributed by atoms with van der Waals surface area (Å²) in [6, 6.07) is 4.20. The van der Waals surface area contributed by atoms with E-state index in [2.05, 4.69) is 0 Å². The molecule has 1 amide bonds. The largest absolute Gasteiger partial charge is 0.548 e. The number of rotatable bonds is 7. The van der Waals surface area contributed by atoms with Crippen LogP contribution >= 0.6 is 24.0 Å². The van der Waals surface area contributed by atoms with Crippen LogP contribution in [0.25, 0.3) is 6.08 Å². The number of carbonyl (C=O) groups is 2. The molecular weight excluding hydrogens is 374 g/mol. The van der Waals surface area contributed by atoms with Crippen LogP contribution in [0.5, 0.6) is 11.5 Å². The Balaban J connectivity index is 2.34. The highest BCUT2D eigenvalue weighted by molar-refractivity contribution is 8.26. The second-order valence-electron chi connectivity index (χ2n) is 5.90. The average molecular weight is 394 g/mol. The van der Waals surface area contributed by atoms with Crippen LogP contribution in [0.3, 0.4) is 0 Å². The second kappa shape index (κ2) is 8.55. The van der Waals surface area contributed by atoms with Crippen LogP contribution in [-0.2, 0) is 9.59 Å². The molecule has 0 N–H and O–H groups in total. The van der Waals surface area contributed by atoms with Crippen LogP contribution in [0.15, 0.2) is 23.1 Å². The lowest BCUT2D eigenvalue weighted by atomic mass is 10.0. The van der Waals surface area contributed by atoms with Crippen molar-refractivity contribution in [1.82, 2.24) is 4.90 Å². The molecule has 26 heavy (non-hydrogen) atoms. The first-order chi connectivity index (χ1) is 12.3. The summed E-state index contributed by atoms with van der Waals surface area (Å²) in [5.41, 5.74) is 0.723. The third-order valence-electron chi connectivity index (χ3n) is 3.76. The van der Waals surface area contributed by atoms with E-state index in [0.717, 1.165) is 22.2 Å². The first-order valence-electron chi connectivity index (χ1n) is 8.08. The Bertz CT molecular complexity index is 760. The Morgan fingerprint density at radius 1 is 1.38 bits per heavy atom. The van der Waals surface area contributed by atoms with Crippen LogP contribution in [0.1, 0.15) is 26.3 Å². The number of methoxy groups -OCH3 is 1. The first kappa shape index (κ1) is 20.3. The summed E-state index contributed by atoms with van der Waals surface area (Å²) in [5.74, 6) is -0.925. The average Bonchev–Trinajstić information content (AvgIpc) is 2.83. The Morgan fingerprint density at radius 3 is 2.62 bits per heavy atom. The number of carbonyl (C=O) groups excluding carboxylic acids is 2. The smallest absolute Gasteiger partial charge is 0.266 e. The molecule has 1 aromatic carbocycles. The van der Waals surface area contributed by atoms with Crippen molar-refractivity contribution < 1.29 is 24.2 Å². The molecule has 0 unspecified atom stereocenters. The molecule has 1 heterocycles. The highest BCUT2D eigenvalue weighted by atomic mass is 32.2. The van der Waals surface area contributed by atoms with Crippen molar-refractivity contribution in [3.8, 4) is 11.5 Å². The Morgan fingerprint density at radius 2 is 2.08 bits per heavy atom. The predicted octanol–water partition coefficient (Wildman–Crippen LogP) is 2.07. The third-order valence-corrected chi connectivity index (χ3v) is 5.09. The fraction of sp³-hybridized carbons (Fsp3) is 0.389. The van der Waals surface area contributed by atoms with E-state index in [4.69, 9.17) is 21.7 Å². The Labute approximate surface area is 162 Å². The molecule has 1 aliphatic rings. The number of hydrogen-bond acceptors (Lipinski definition) is 7. The molecule has 1 atom stereocenters. The van der Waals surface area contributed by atoms with Crippen molar-refractivity contribution in [1.29, 1.82) is 0 Å². The molecule has 1 aliphatic heterocycles. The molecule has 8 heteroatoms. The second-order valence-corrected chi connectivity index (χ2v) is 7.58. The van der Waals surface area contributed by atoms with Crippen LogP contribution in [-0.4, -0.2) is 40.9 Å². The summed E-state index contributed by atoms with van der Waals surface area (Å²) in [4.78, 5) is 25.6. The quantitative estimate of drug-likeness (QED) is 0.517. The Hall–Kier alpha value is -2.06. The fourth-order valence-electron chi connectivity index (χ4n) is 2.60. The summed E-state index contributed by atoms with van der Waals surface area (Å²) in [6.07, 6.45) is 1.66. The van der Waals surface area contributed by atoms with E-state index in [0.29, 0.717) is 23.0 Å². The fourth-order valence-corrected chi connectivity index (χ4v) is 3.92. The van der Waals surface area contributed by atoms with Gasteiger partial charge in [-0.15, -0.1) is 0 Å². The number of amides is 1. The number of hydrogen-bond donors (Lipinski definition) is 0. The van der Waals surface area contributed by atoms with Gasteiger partial charge >= 0.3 is 0 Å². The lowest BCUT2D eigenvalue weighted by Crippen LogP contribution is -2.52. The van der Waals surface area contributed by atoms with Gasteiger partial charge in [-0.25, -0.2) is 0 Å². The standard InChI is InChI=1S/C18H21NO5S2/c1-5-24-12-7-6-11(8-13(12)23-4)9-14-16(20)19(18(25)26-14)15(10(2)3)17(21)22/h6-10,15H,5H2,1-4H3,(H,21,22)/p-1/b14-9-/t15-/m0/s1. The van der Waals surface area contributed by atoms with Gasteiger partial charge in [0.05, 0.1) is 30.6 Å². The van der Waals surface area contributed by atoms with Gasteiger partial charge in [-0.05, 0) is 36.6 Å². The SMILES string of the molecule is CCOc1ccc(/C=C2\SC(=S)N([C@H](C(=O)[O-])C(C)C)C2=O)cc1OC. The van der Waals surface area contributed by atoms with Gasteiger partial charge in [-0.1, -0.05) is 43.9 Å². The maximum atomic E-state index is 12.7. The third kappa shape index (κ3) is 4.19. The molecule has 0 saturated carbocycles. The van der Waals surface area contributed by atoms with Crippen molar-refractivity contribution in [3.05, 3.63) is 28.7 Å². The van der Waals surface area contributed by atoms with Gasteiger partial charge in [0.25, 0.3) is 5.91 Å². The van der Waals surface area contributed by atoms with Crippen LogP contribution in [0, 0.1) is 5.92 Å². The van der Waals surface area contributed by atoms with Gasteiger partial charge in [-0.3, -0.25) is 9.69 Å². The minimum atomic E-state index is -1.32. The molecular formula is C18H20NO5S2-. The number of thioether (sulfide) groups is 1. The number of ether oxygens (including phenoxy) is 2. The van der Waals surface area contributed by atoms with Gasteiger partial charge in [0, 0.05) is 0 Å². The molecule has 0 radical (unpaired) electrons. The molecule has 2 rings (SSSR count). The predicted molar refractivity (Wildman–Crippen MR) is 103 cm³/mol. The van der Waals surface area contributed by atoms with Crippen molar-refractivity contribution in [2.75, 3.05) is 13.7 Å². The maximum absolute atomic E-state index is 12.7. The number of carboxylic acid groups (broad SMARTS) is 1. The number of aliphatic carboxylic acids is 1. The number of nitrogens with zero attached hydrogens (tertiary/aromatic N) is 1. The van der Waals surface area contributed by atoms with E-state index in [-0.39, 0.29) is 10.2 Å². The summed E-state index contributed by atoms with van der Waals surface area (Å²) in [6.45, 7) is 5.80. The van der Waals surface area contributed by atoms with Gasteiger partial charge in [0.15, 0.2) is 11.5 Å². The zero-order chi connectivity index (χ0) is 19.4. The summed E-state index contributed by atoms with van der Waals surface area (Å²) >= 11 is 6.29. The Kier molecular flexibility index (Phi) is 6.66. The minimum absolute atomic E-state index is 0.210. The normalized spacial score (nSPS) is 17.1. The van der Waals surface area contributed by atoms with Crippen molar-refractivity contribution in [3.63, 3.8) is 0 Å². The molecule has 6 nitrogen and oxygen atoms in total. The van der Waals surface area contributed by atoms with Gasteiger partial charge in [-0.2, -0.15) is 0 Å². The van der Waals surface area contributed by atoms with Crippen LogP contribution in [0.4, 0.5) is 0 Å². The van der Waals surface area contributed by atoms with E-state index < -0.39 is 17.9 Å². The molecule has 0 aliphatic carbocycles. The monoisotopic (exact) mass is 394 g/mol. The number of benzene rings is 1. The summed E-state index contributed by atoms with van der Waals surface area (Å²) in [7, 11) is 1.54. The van der Waals surface area contributed by atoms with E-state index in [1.54, 1.807) is 38.1 Å². The highest BCUT2D eigenvalue weighted by Gasteiger charge is 2.39. The van der Waals surface area contributed by atoms with Crippen LogP contribution < -0.4 is 14.6 Å². The zero-order valence-corrected chi connectivity index (χ0v) is 16.6. The first-order valence-corrected chi connectivity index (χ1v) is 9.31.